The summed E-state index contributed by atoms with van der Waals surface area (Å²) in [5.74, 6) is 0.303. The molecule has 0 unspecified atom stereocenters. The zero-order valence-corrected chi connectivity index (χ0v) is 12.9. The van der Waals surface area contributed by atoms with E-state index >= 15 is 0 Å². The van der Waals surface area contributed by atoms with Gasteiger partial charge in [-0.3, -0.25) is 9.52 Å². The summed E-state index contributed by atoms with van der Waals surface area (Å²) >= 11 is 0. The van der Waals surface area contributed by atoms with Crippen molar-refractivity contribution in [3.63, 3.8) is 0 Å². The first-order valence-corrected chi connectivity index (χ1v) is 8.96. The Labute approximate surface area is 125 Å². The Morgan fingerprint density at radius 1 is 1.29 bits per heavy atom. The highest BCUT2D eigenvalue weighted by Crippen LogP contribution is 2.27. The van der Waals surface area contributed by atoms with Crippen LogP contribution < -0.4 is 4.72 Å². The van der Waals surface area contributed by atoms with E-state index in [9.17, 15) is 13.2 Å². The molecule has 21 heavy (non-hydrogen) atoms. The van der Waals surface area contributed by atoms with Gasteiger partial charge in [0.05, 0.1) is 11.4 Å². The predicted molar refractivity (Wildman–Crippen MR) is 82.1 cm³/mol. The minimum absolute atomic E-state index is 0.0550. The third kappa shape index (κ3) is 3.11. The van der Waals surface area contributed by atoms with Crippen LogP contribution in [0.4, 0.5) is 5.69 Å². The van der Waals surface area contributed by atoms with Gasteiger partial charge in [0.1, 0.15) is 0 Å². The molecule has 1 fully saturated rings. The van der Waals surface area contributed by atoms with Crippen LogP contribution in [0.5, 0.6) is 0 Å². The normalized spacial score (nSPS) is 22.3. The second-order valence-corrected chi connectivity index (χ2v) is 7.83. The second-order valence-electron chi connectivity index (χ2n) is 5.98. The fraction of sp³-hybridized carbons (Fsp3) is 0.533. The second kappa shape index (κ2) is 5.42. The van der Waals surface area contributed by atoms with Crippen molar-refractivity contribution < 1.29 is 13.2 Å². The maximum atomic E-state index is 12.6. The van der Waals surface area contributed by atoms with E-state index in [0.717, 1.165) is 31.5 Å². The Morgan fingerprint density at radius 3 is 2.71 bits per heavy atom. The molecule has 0 atom stereocenters. The fourth-order valence-corrected chi connectivity index (χ4v) is 4.13. The Morgan fingerprint density at radius 2 is 2.00 bits per heavy atom. The number of likely N-dealkylation sites (tertiary alicyclic amines) is 1. The first-order chi connectivity index (χ1) is 9.94. The van der Waals surface area contributed by atoms with Crippen molar-refractivity contribution in [3.05, 3.63) is 29.3 Å². The van der Waals surface area contributed by atoms with Gasteiger partial charge in [0.2, 0.25) is 10.0 Å². The van der Waals surface area contributed by atoms with Crippen molar-refractivity contribution in [2.75, 3.05) is 30.6 Å². The summed E-state index contributed by atoms with van der Waals surface area (Å²) in [7, 11) is -1.17. The molecule has 2 aliphatic rings. The number of fused-ring (bicyclic) bond motifs is 1. The predicted octanol–water partition coefficient (Wildman–Crippen LogP) is 1.51. The van der Waals surface area contributed by atoms with Crippen LogP contribution in [0, 0.1) is 5.92 Å². The number of anilines is 1. The van der Waals surface area contributed by atoms with Gasteiger partial charge in [-0.15, -0.1) is 0 Å². The number of rotatable bonds is 2. The standard InChI is InChI=1S/C15H20N2O3S/c1-17-7-4-12(5-8-17)15(18)13-3-2-11-6-9-21(19,20)16-14(11)10-13/h2-3,10,12,16H,4-9H2,1H3. The topological polar surface area (TPSA) is 66.5 Å². The van der Waals surface area contributed by atoms with Crippen molar-refractivity contribution in [2.24, 2.45) is 5.92 Å². The maximum Gasteiger partial charge on any atom is 0.233 e. The number of carbonyl (C=O) groups is 1. The summed E-state index contributed by atoms with van der Waals surface area (Å²) < 4.78 is 25.8. The SMILES string of the molecule is CN1CCC(C(=O)c2ccc3c(c2)NS(=O)(=O)CC3)CC1. The molecule has 114 valence electrons. The number of benzene rings is 1. The smallest absolute Gasteiger partial charge is 0.233 e. The molecule has 0 amide bonds. The molecular weight excluding hydrogens is 288 g/mol. The summed E-state index contributed by atoms with van der Waals surface area (Å²) in [6.07, 6.45) is 2.25. The molecule has 1 saturated heterocycles. The molecule has 0 saturated carbocycles. The number of aryl methyl sites for hydroxylation is 1. The summed E-state index contributed by atoms with van der Waals surface area (Å²) in [4.78, 5) is 14.8. The lowest BCUT2D eigenvalue weighted by molar-refractivity contribution is 0.0857. The molecule has 0 spiro atoms. The highest BCUT2D eigenvalue weighted by molar-refractivity contribution is 7.92. The molecule has 1 N–H and O–H groups in total. The van der Waals surface area contributed by atoms with Gasteiger partial charge in [-0.25, -0.2) is 8.42 Å². The summed E-state index contributed by atoms with van der Waals surface area (Å²) in [5.41, 5.74) is 2.15. The molecule has 0 bridgehead atoms. The van der Waals surface area contributed by atoms with E-state index in [4.69, 9.17) is 0 Å². The Kier molecular flexibility index (Phi) is 3.75. The number of Topliss-reactive ketones (excluding diaryl/α,β-unsaturated/α-hetero) is 1. The highest BCUT2D eigenvalue weighted by Gasteiger charge is 2.26. The van der Waals surface area contributed by atoms with Crippen LogP contribution in [-0.2, 0) is 16.4 Å². The van der Waals surface area contributed by atoms with Crippen molar-refractivity contribution >= 4 is 21.5 Å². The van der Waals surface area contributed by atoms with E-state index in [-0.39, 0.29) is 17.5 Å². The van der Waals surface area contributed by atoms with Crippen LogP contribution in [-0.4, -0.2) is 45.0 Å². The molecular formula is C15H20N2O3S. The Bertz CT molecular complexity index is 661. The molecule has 6 heteroatoms. The zero-order chi connectivity index (χ0) is 15.0. The van der Waals surface area contributed by atoms with Gasteiger partial charge in [-0.2, -0.15) is 0 Å². The van der Waals surface area contributed by atoms with Gasteiger partial charge < -0.3 is 4.90 Å². The lowest BCUT2D eigenvalue weighted by Gasteiger charge is -2.28. The summed E-state index contributed by atoms with van der Waals surface area (Å²) in [6, 6.07) is 5.41. The summed E-state index contributed by atoms with van der Waals surface area (Å²) in [5, 5.41) is 0. The number of piperidine rings is 1. The lowest BCUT2D eigenvalue weighted by atomic mass is 9.88. The van der Waals surface area contributed by atoms with E-state index in [1.807, 2.05) is 12.1 Å². The molecule has 3 rings (SSSR count). The molecule has 0 aromatic heterocycles. The maximum absolute atomic E-state index is 12.6. The van der Waals surface area contributed by atoms with Gasteiger partial charge >= 0.3 is 0 Å². The van der Waals surface area contributed by atoms with E-state index < -0.39 is 10.0 Å². The van der Waals surface area contributed by atoms with Crippen LogP contribution in [0.15, 0.2) is 18.2 Å². The first kappa shape index (κ1) is 14.5. The molecule has 1 aromatic carbocycles. The Balaban J connectivity index is 1.82. The monoisotopic (exact) mass is 308 g/mol. The van der Waals surface area contributed by atoms with Crippen LogP contribution in [0.3, 0.4) is 0 Å². The van der Waals surface area contributed by atoms with Gasteiger partial charge in [0.15, 0.2) is 5.78 Å². The van der Waals surface area contributed by atoms with E-state index in [2.05, 4.69) is 16.7 Å². The van der Waals surface area contributed by atoms with Crippen LogP contribution >= 0.6 is 0 Å². The quantitative estimate of drug-likeness (QED) is 0.841. The van der Waals surface area contributed by atoms with Gasteiger partial charge in [-0.1, -0.05) is 12.1 Å². The van der Waals surface area contributed by atoms with Gasteiger partial charge in [0.25, 0.3) is 0 Å². The van der Waals surface area contributed by atoms with Crippen LogP contribution in [0.2, 0.25) is 0 Å². The highest BCUT2D eigenvalue weighted by atomic mass is 32.2. The largest absolute Gasteiger partial charge is 0.306 e. The van der Waals surface area contributed by atoms with Crippen molar-refractivity contribution in [1.82, 2.24) is 4.90 Å². The van der Waals surface area contributed by atoms with Crippen LogP contribution in [0.1, 0.15) is 28.8 Å². The molecule has 0 radical (unpaired) electrons. The van der Waals surface area contributed by atoms with Crippen molar-refractivity contribution in [3.8, 4) is 0 Å². The molecule has 2 heterocycles. The zero-order valence-electron chi connectivity index (χ0n) is 12.1. The number of hydrogen-bond acceptors (Lipinski definition) is 4. The van der Waals surface area contributed by atoms with E-state index in [1.54, 1.807) is 6.07 Å². The first-order valence-electron chi connectivity index (χ1n) is 7.31. The van der Waals surface area contributed by atoms with E-state index in [1.165, 1.54) is 0 Å². The van der Waals surface area contributed by atoms with Crippen molar-refractivity contribution in [1.29, 1.82) is 0 Å². The summed E-state index contributed by atoms with van der Waals surface area (Å²) in [6.45, 7) is 1.88. The minimum Gasteiger partial charge on any atom is -0.306 e. The number of nitrogens with zero attached hydrogens (tertiary/aromatic N) is 1. The minimum atomic E-state index is -3.24. The molecule has 1 aromatic rings. The molecule has 0 aliphatic carbocycles. The van der Waals surface area contributed by atoms with Gasteiger partial charge in [0, 0.05) is 11.5 Å². The average Bonchev–Trinajstić information content (AvgIpc) is 2.45. The van der Waals surface area contributed by atoms with E-state index in [0.29, 0.717) is 17.7 Å². The lowest BCUT2D eigenvalue weighted by Crippen LogP contribution is -2.33. The third-order valence-electron chi connectivity index (χ3n) is 4.39. The molecule has 5 nitrogen and oxygen atoms in total. The number of nitrogens with one attached hydrogen (secondary N) is 1. The Hall–Kier alpha value is -1.40. The fourth-order valence-electron chi connectivity index (χ4n) is 3.01. The van der Waals surface area contributed by atoms with Gasteiger partial charge in [-0.05, 0) is 51.0 Å². The average molecular weight is 308 g/mol. The number of carbonyl (C=O) groups excluding carboxylic acids is 1. The number of sulfonamides is 1. The molecule has 2 aliphatic heterocycles. The third-order valence-corrected chi connectivity index (χ3v) is 5.66. The van der Waals surface area contributed by atoms with Crippen molar-refractivity contribution in [2.45, 2.75) is 19.3 Å². The van der Waals surface area contributed by atoms with Crippen LogP contribution in [0.25, 0.3) is 0 Å². The number of hydrogen-bond donors (Lipinski definition) is 1. The number of ketones is 1.